The number of benzene rings is 3. The smallest absolute Gasteiger partial charge is 0.303 e. The van der Waals surface area contributed by atoms with Gasteiger partial charge in [0.15, 0.2) is 12.4 Å². The van der Waals surface area contributed by atoms with Gasteiger partial charge in [0.2, 0.25) is 0 Å². The summed E-state index contributed by atoms with van der Waals surface area (Å²) in [6, 6.07) is 29.9. The van der Waals surface area contributed by atoms with E-state index in [1.54, 1.807) is 0 Å². The van der Waals surface area contributed by atoms with Crippen LogP contribution in [0.25, 0.3) is 0 Å². The number of carbonyl (C=O) groups excluding carboxylic acids is 1. The van der Waals surface area contributed by atoms with E-state index in [9.17, 15) is 4.79 Å². The second-order valence-electron chi connectivity index (χ2n) is 10.8. The van der Waals surface area contributed by atoms with Crippen molar-refractivity contribution in [1.29, 1.82) is 0 Å². The zero-order valence-corrected chi connectivity index (χ0v) is 23.8. The summed E-state index contributed by atoms with van der Waals surface area (Å²) in [7, 11) is 0. The quantitative estimate of drug-likeness (QED) is 0.229. The highest BCUT2D eigenvalue weighted by atomic mass is 16.7. The molecule has 41 heavy (non-hydrogen) atoms. The molecule has 0 radical (unpaired) electrons. The fraction of sp³-hybridized carbons (Fsp3) is 0.441. The van der Waals surface area contributed by atoms with Crippen molar-refractivity contribution in [2.45, 2.75) is 83.3 Å². The molecule has 218 valence electrons. The van der Waals surface area contributed by atoms with Gasteiger partial charge in [-0.25, -0.2) is 0 Å². The molecule has 5 rings (SSSR count). The maximum atomic E-state index is 12.4. The lowest BCUT2D eigenvalue weighted by Gasteiger charge is -2.46. The molecule has 0 amide bonds. The van der Waals surface area contributed by atoms with E-state index in [2.05, 4.69) is 0 Å². The van der Waals surface area contributed by atoms with Crippen LogP contribution in [0.1, 0.15) is 43.4 Å². The summed E-state index contributed by atoms with van der Waals surface area (Å²) in [6.45, 7) is 4.78. The van der Waals surface area contributed by atoms with Crippen LogP contribution in [-0.4, -0.2) is 49.4 Å². The van der Waals surface area contributed by atoms with Crippen LogP contribution in [0, 0.1) is 5.92 Å². The van der Waals surface area contributed by atoms with Crippen LogP contribution in [0.4, 0.5) is 0 Å². The Kier molecular flexibility index (Phi) is 10.6. The fourth-order valence-electron chi connectivity index (χ4n) is 5.12. The second-order valence-corrected chi connectivity index (χ2v) is 10.8. The van der Waals surface area contributed by atoms with Gasteiger partial charge in [-0.3, -0.25) is 4.79 Å². The normalized spacial score (nSPS) is 25.0. The Morgan fingerprint density at radius 2 is 1.27 bits per heavy atom. The van der Waals surface area contributed by atoms with Crippen molar-refractivity contribution >= 4 is 5.97 Å². The lowest BCUT2D eigenvalue weighted by molar-refractivity contribution is -0.329. The van der Waals surface area contributed by atoms with Crippen LogP contribution in [-0.2, 0) is 53.0 Å². The molecule has 1 saturated carbocycles. The van der Waals surface area contributed by atoms with Crippen molar-refractivity contribution in [1.82, 2.24) is 0 Å². The van der Waals surface area contributed by atoms with Crippen LogP contribution in [0.2, 0.25) is 0 Å². The highest BCUT2D eigenvalue weighted by Gasteiger charge is 2.51. The van der Waals surface area contributed by atoms with Crippen LogP contribution >= 0.6 is 0 Å². The molecule has 7 heteroatoms. The zero-order chi connectivity index (χ0) is 28.4. The summed E-state index contributed by atoms with van der Waals surface area (Å²) in [4.78, 5) is 12.4. The maximum absolute atomic E-state index is 12.4. The molecule has 2 aliphatic rings. The van der Waals surface area contributed by atoms with Gasteiger partial charge < -0.3 is 28.4 Å². The zero-order valence-electron chi connectivity index (χ0n) is 23.8. The van der Waals surface area contributed by atoms with Crippen molar-refractivity contribution in [2.24, 2.45) is 5.92 Å². The molecule has 0 bridgehead atoms. The Hall–Kier alpha value is -3.07. The van der Waals surface area contributed by atoms with Crippen molar-refractivity contribution in [3.05, 3.63) is 108 Å². The summed E-state index contributed by atoms with van der Waals surface area (Å²) in [5, 5.41) is 0. The van der Waals surface area contributed by atoms with Crippen LogP contribution in [0.3, 0.4) is 0 Å². The molecule has 2 fully saturated rings. The topological polar surface area (TPSA) is 72.5 Å². The Morgan fingerprint density at radius 1 is 0.756 bits per heavy atom. The Bertz CT molecular complexity index is 1190. The molecule has 1 aliphatic heterocycles. The molecule has 3 aromatic carbocycles. The minimum atomic E-state index is -0.822. The third-order valence-corrected chi connectivity index (χ3v) is 7.49. The molecule has 7 nitrogen and oxygen atoms in total. The molecule has 0 aromatic heterocycles. The van der Waals surface area contributed by atoms with E-state index in [4.69, 9.17) is 28.4 Å². The van der Waals surface area contributed by atoms with Crippen molar-refractivity contribution < 1.29 is 33.2 Å². The van der Waals surface area contributed by atoms with E-state index >= 15 is 0 Å². The minimum absolute atomic E-state index is 0.0412. The van der Waals surface area contributed by atoms with E-state index in [-0.39, 0.29) is 12.7 Å². The van der Waals surface area contributed by atoms with E-state index in [0.29, 0.717) is 25.7 Å². The molecule has 0 N–H and O–H groups in total. The Labute approximate surface area is 242 Å². The van der Waals surface area contributed by atoms with Gasteiger partial charge in [-0.05, 0) is 42.4 Å². The maximum Gasteiger partial charge on any atom is 0.303 e. The van der Waals surface area contributed by atoms with E-state index in [0.717, 1.165) is 29.5 Å². The first-order chi connectivity index (χ1) is 20.1. The van der Waals surface area contributed by atoms with Gasteiger partial charge in [-0.15, -0.1) is 0 Å². The largest absolute Gasteiger partial charge is 0.454 e. The predicted octanol–water partition coefficient (Wildman–Crippen LogP) is 5.85. The predicted molar refractivity (Wildman–Crippen MR) is 154 cm³/mol. The van der Waals surface area contributed by atoms with Crippen LogP contribution < -0.4 is 0 Å². The van der Waals surface area contributed by atoms with Gasteiger partial charge in [0.25, 0.3) is 0 Å². The molecular weight excluding hydrogens is 520 g/mol. The number of esters is 1. The first kappa shape index (κ1) is 29.4. The summed E-state index contributed by atoms with van der Waals surface area (Å²) < 4.78 is 38.1. The van der Waals surface area contributed by atoms with E-state index < -0.39 is 36.7 Å². The average Bonchev–Trinajstić information content (AvgIpc) is 3.84. The summed E-state index contributed by atoms with van der Waals surface area (Å²) >= 11 is 0. The van der Waals surface area contributed by atoms with Crippen LogP contribution in [0.5, 0.6) is 0 Å². The van der Waals surface area contributed by atoms with E-state index in [1.807, 2.05) is 97.9 Å². The summed E-state index contributed by atoms with van der Waals surface area (Å²) in [5.74, 6) is 0.0419. The average molecular weight is 561 g/mol. The molecule has 1 heterocycles. The van der Waals surface area contributed by atoms with Gasteiger partial charge in [0.05, 0.1) is 32.5 Å². The third kappa shape index (κ3) is 8.71. The summed E-state index contributed by atoms with van der Waals surface area (Å²) in [5.41, 5.74) is 3.08. The SMILES string of the molecule is CC(=O)O[C@@H]1[C@@H](O[C@H](C)C2CC2)O[C@H](COCc2ccccc2)[C@@H](OCc2ccccc2)[C@@H]1OCc1ccccc1. The molecule has 1 aliphatic carbocycles. The lowest BCUT2D eigenvalue weighted by atomic mass is 9.97. The second kappa shape index (κ2) is 14.7. The lowest BCUT2D eigenvalue weighted by Crippen LogP contribution is -2.62. The number of hydrogen-bond donors (Lipinski definition) is 0. The number of rotatable bonds is 14. The number of carbonyl (C=O) groups is 1. The van der Waals surface area contributed by atoms with Gasteiger partial charge in [-0.2, -0.15) is 0 Å². The molecule has 0 unspecified atom stereocenters. The van der Waals surface area contributed by atoms with Gasteiger partial charge in [0.1, 0.15) is 18.3 Å². The summed E-state index contributed by atoms with van der Waals surface area (Å²) in [6.07, 6.45) is -1.21. The molecule has 1 saturated heterocycles. The molecule has 0 spiro atoms. The van der Waals surface area contributed by atoms with Crippen molar-refractivity contribution in [3.63, 3.8) is 0 Å². The Morgan fingerprint density at radius 3 is 1.78 bits per heavy atom. The molecular formula is C34H40O7. The van der Waals surface area contributed by atoms with Crippen molar-refractivity contribution in [2.75, 3.05) is 6.61 Å². The minimum Gasteiger partial charge on any atom is -0.454 e. The van der Waals surface area contributed by atoms with Gasteiger partial charge in [0, 0.05) is 6.92 Å². The number of hydrogen-bond acceptors (Lipinski definition) is 7. The van der Waals surface area contributed by atoms with E-state index in [1.165, 1.54) is 6.92 Å². The first-order valence-corrected chi connectivity index (χ1v) is 14.5. The fourth-order valence-corrected chi connectivity index (χ4v) is 5.12. The van der Waals surface area contributed by atoms with Gasteiger partial charge in [-0.1, -0.05) is 91.0 Å². The highest BCUT2D eigenvalue weighted by molar-refractivity contribution is 5.66. The monoisotopic (exact) mass is 560 g/mol. The first-order valence-electron chi connectivity index (χ1n) is 14.5. The van der Waals surface area contributed by atoms with Crippen molar-refractivity contribution in [3.8, 4) is 0 Å². The Balaban J connectivity index is 1.41. The molecule has 6 atom stereocenters. The van der Waals surface area contributed by atoms with Gasteiger partial charge >= 0.3 is 5.97 Å². The molecule has 3 aromatic rings. The standard InChI is InChI=1S/C34H40O7/c1-24(29-18-19-29)39-34-33(40-25(2)35)32(38-22-28-16-10-5-11-17-28)31(37-21-27-14-8-4-9-15-27)30(41-34)23-36-20-26-12-6-3-7-13-26/h3-17,24,29-34H,18-23H2,1-2H3/t24-,30-,31-,32+,33+,34+/m1/s1. The third-order valence-electron chi connectivity index (χ3n) is 7.49. The number of ether oxygens (including phenoxy) is 6. The van der Waals surface area contributed by atoms with Crippen LogP contribution in [0.15, 0.2) is 91.0 Å². The highest BCUT2D eigenvalue weighted by Crippen LogP contribution is 2.37.